The lowest BCUT2D eigenvalue weighted by atomic mass is 9.61. The topological polar surface area (TPSA) is 71.7 Å². The molecule has 39 heavy (non-hydrogen) atoms. The number of aryl methyl sites for hydroxylation is 1. The summed E-state index contributed by atoms with van der Waals surface area (Å²) in [5.74, 6) is -1.11. The standard InChI is InChI=1S/C30H34F2N6O/c1-19-5-4-10-37(13-19)14-22-12-24-25(20-8-9-20)15-38(27(39)26(24)34-22)23-7-3-6-21(11-23)29(16-30(31,32)17-29)28-35-33-18-36(28)2/h3,6-7,11-12,15,18-20,34H,4-5,8-10,13-14,16-17H2,1-2H3/t19-/m0/s1. The maximum absolute atomic E-state index is 14.3. The summed E-state index contributed by atoms with van der Waals surface area (Å²) in [5, 5.41) is 9.20. The number of H-pyrrole nitrogens is 1. The number of rotatable bonds is 6. The van der Waals surface area contributed by atoms with Gasteiger partial charge in [0.1, 0.15) is 17.7 Å². The van der Waals surface area contributed by atoms with Crippen molar-refractivity contribution >= 4 is 10.9 Å². The zero-order valence-electron chi connectivity index (χ0n) is 22.5. The van der Waals surface area contributed by atoms with Crippen LogP contribution in [-0.4, -0.2) is 48.2 Å². The lowest BCUT2D eigenvalue weighted by Crippen LogP contribution is -2.51. The molecule has 9 heteroatoms. The lowest BCUT2D eigenvalue weighted by molar-refractivity contribution is -0.116. The van der Waals surface area contributed by atoms with Gasteiger partial charge in [-0.2, -0.15) is 0 Å². The van der Waals surface area contributed by atoms with E-state index in [4.69, 9.17) is 0 Å². The molecule has 7 rings (SSSR count). The molecule has 0 radical (unpaired) electrons. The summed E-state index contributed by atoms with van der Waals surface area (Å²) in [4.78, 5) is 19.8. The van der Waals surface area contributed by atoms with E-state index in [1.54, 1.807) is 22.5 Å². The first-order chi connectivity index (χ1) is 18.7. The molecule has 1 saturated heterocycles. The molecule has 1 N–H and O–H groups in total. The fourth-order valence-electron chi connectivity index (χ4n) is 6.95. The average molecular weight is 533 g/mol. The molecule has 1 atom stereocenters. The second kappa shape index (κ2) is 8.84. The molecule has 204 valence electrons. The number of pyridine rings is 1. The van der Waals surface area contributed by atoms with Gasteiger partial charge in [-0.3, -0.25) is 14.3 Å². The molecular weight excluding hydrogens is 498 g/mol. The van der Waals surface area contributed by atoms with Gasteiger partial charge in [-0.05, 0) is 73.4 Å². The number of benzene rings is 1. The number of likely N-dealkylation sites (tertiary alicyclic amines) is 1. The second-order valence-electron chi connectivity index (χ2n) is 12.2. The summed E-state index contributed by atoms with van der Waals surface area (Å²) in [6, 6.07) is 9.65. The third-order valence-corrected chi connectivity index (χ3v) is 8.97. The zero-order valence-corrected chi connectivity index (χ0v) is 22.5. The maximum Gasteiger partial charge on any atom is 0.279 e. The molecule has 0 amide bonds. The molecule has 2 saturated carbocycles. The maximum atomic E-state index is 14.3. The first-order valence-electron chi connectivity index (χ1n) is 14.1. The van der Waals surface area contributed by atoms with E-state index in [2.05, 4.69) is 33.1 Å². The first-order valence-corrected chi connectivity index (χ1v) is 14.1. The van der Waals surface area contributed by atoms with Crippen LogP contribution in [0.4, 0.5) is 8.78 Å². The molecule has 0 unspecified atom stereocenters. The van der Waals surface area contributed by atoms with Gasteiger partial charge < -0.3 is 9.55 Å². The first kappa shape index (κ1) is 24.7. The van der Waals surface area contributed by atoms with Crippen LogP contribution in [-0.2, 0) is 19.0 Å². The van der Waals surface area contributed by atoms with Gasteiger partial charge in [0, 0.05) is 55.9 Å². The van der Waals surface area contributed by atoms with Crippen LogP contribution in [0.5, 0.6) is 0 Å². The minimum atomic E-state index is -2.76. The predicted octanol–water partition coefficient (Wildman–Crippen LogP) is 5.27. The van der Waals surface area contributed by atoms with Crippen LogP contribution in [0.1, 0.15) is 74.0 Å². The monoisotopic (exact) mass is 532 g/mol. The smallest absolute Gasteiger partial charge is 0.279 e. The fourth-order valence-corrected chi connectivity index (χ4v) is 6.95. The SMILES string of the molecule is C[C@H]1CCCN(Cc2cc3c(C4CC4)cn(-c4cccc(C5(c6nncn6C)CC(F)(F)C5)c4)c(=O)c3[nH]2)C1. The summed E-state index contributed by atoms with van der Waals surface area (Å²) in [5.41, 5.74) is 3.24. The Labute approximate surface area is 225 Å². The van der Waals surface area contributed by atoms with E-state index >= 15 is 0 Å². The third kappa shape index (κ3) is 4.22. The number of alkyl halides is 2. The molecule has 0 spiro atoms. The highest BCUT2D eigenvalue weighted by atomic mass is 19.3. The molecule has 3 aliphatic rings. The van der Waals surface area contributed by atoms with Crippen molar-refractivity contribution in [3.8, 4) is 5.69 Å². The summed E-state index contributed by atoms with van der Waals surface area (Å²) in [6.45, 7) is 5.27. The van der Waals surface area contributed by atoms with Gasteiger partial charge in [0.15, 0.2) is 0 Å². The van der Waals surface area contributed by atoms with Crippen molar-refractivity contribution in [2.45, 2.75) is 69.2 Å². The van der Waals surface area contributed by atoms with E-state index in [9.17, 15) is 13.6 Å². The number of aromatic nitrogens is 5. The molecule has 2 aliphatic carbocycles. The van der Waals surface area contributed by atoms with Crippen LogP contribution in [0.15, 0.2) is 47.7 Å². The molecule has 1 aliphatic heterocycles. The fraction of sp³-hybridized carbons (Fsp3) is 0.500. The van der Waals surface area contributed by atoms with Crippen LogP contribution in [0.3, 0.4) is 0 Å². The number of halogens is 2. The number of hydrogen-bond donors (Lipinski definition) is 1. The molecule has 4 heterocycles. The predicted molar refractivity (Wildman–Crippen MR) is 146 cm³/mol. The highest BCUT2D eigenvalue weighted by Crippen LogP contribution is 2.56. The van der Waals surface area contributed by atoms with Crippen molar-refractivity contribution < 1.29 is 8.78 Å². The number of nitrogens with zero attached hydrogens (tertiary/aromatic N) is 5. The number of hydrogen-bond acceptors (Lipinski definition) is 4. The van der Waals surface area contributed by atoms with Gasteiger partial charge in [0.05, 0.1) is 5.41 Å². The molecule has 3 aromatic heterocycles. The normalized spacial score (nSPS) is 22.7. The van der Waals surface area contributed by atoms with E-state index in [0.29, 0.717) is 28.9 Å². The van der Waals surface area contributed by atoms with Crippen LogP contribution in [0, 0.1) is 5.92 Å². The number of nitrogens with one attached hydrogen (secondary N) is 1. The van der Waals surface area contributed by atoms with Crippen LogP contribution < -0.4 is 5.56 Å². The van der Waals surface area contributed by atoms with Crippen molar-refractivity contribution in [1.82, 2.24) is 29.2 Å². The molecule has 3 fully saturated rings. The molecule has 4 aromatic rings. The lowest BCUT2D eigenvalue weighted by Gasteiger charge is -2.46. The number of piperidine rings is 1. The minimum absolute atomic E-state index is 0.114. The van der Waals surface area contributed by atoms with Gasteiger partial charge in [0.2, 0.25) is 0 Å². The Bertz CT molecular complexity index is 1610. The summed E-state index contributed by atoms with van der Waals surface area (Å²) in [6.07, 6.45) is 7.58. The van der Waals surface area contributed by atoms with Gasteiger partial charge in [-0.25, -0.2) is 8.78 Å². The Morgan fingerprint density at radius 2 is 1.97 bits per heavy atom. The third-order valence-electron chi connectivity index (χ3n) is 8.97. The van der Waals surface area contributed by atoms with Crippen molar-refractivity contribution in [2.24, 2.45) is 13.0 Å². The average Bonchev–Trinajstić information content (AvgIpc) is 3.50. The van der Waals surface area contributed by atoms with E-state index < -0.39 is 11.3 Å². The van der Waals surface area contributed by atoms with Crippen LogP contribution in [0.25, 0.3) is 16.6 Å². The van der Waals surface area contributed by atoms with Crippen molar-refractivity contribution in [2.75, 3.05) is 13.1 Å². The van der Waals surface area contributed by atoms with E-state index in [0.717, 1.165) is 49.1 Å². The van der Waals surface area contributed by atoms with Crippen molar-refractivity contribution in [3.63, 3.8) is 0 Å². The largest absolute Gasteiger partial charge is 0.353 e. The number of aromatic amines is 1. The van der Waals surface area contributed by atoms with Crippen molar-refractivity contribution in [1.29, 1.82) is 0 Å². The molecule has 1 aromatic carbocycles. The minimum Gasteiger partial charge on any atom is -0.353 e. The van der Waals surface area contributed by atoms with Gasteiger partial charge >= 0.3 is 0 Å². The Morgan fingerprint density at radius 3 is 2.67 bits per heavy atom. The Kier molecular flexibility index (Phi) is 5.60. The highest BCUT2D eigenvalue weighted by Gasteiger charge is 2.60. The van der Waals surface area contributed by atoms with Crippen LogP contribution in [0.2, 0.25) is 0 Å². The van der Waals surface area contributed by atoms with Crippen molar-refractivity contribution in [3.05, 3.63) is 75.9 Å². The van der Waals surface area contributed by atoms with Gasteiger partial charge in [0.25, 0.3) is 11.5 Å². The van der Waals surface area contributed by atoms with E-state index in [1.807, 2.05) is 30.5 Å². The summed E-state index contributed by atoms with van der Waals surface area (Å²) in [7, 11) is 1.78. The molecule has 0 bridgehead atoms. The molecule has 7 nitrogen and oxygen atoms in total. The van der Waals surface area contributed by atoms with Crippen LogP contribution >= 0.6 is 0 Å². The second-order valence-corrected chi connectivity index (χ2v) is 12.2. The van der Waals surface area contributed by atoms with E-state index in [1.165, 1.54) is 18.4 Å². The summed E-state index contributed by atoms with van der Waals surface area (Å²) < 4.78 is 32.1. The summed E-state index contributed by atoms with van der Waals surface area (Å²) >= 11 is 0. The Balaban J connectivity index is 1.30. The quantitative estimate of drug-likeness (QED) is 0.367. The van der Waals surface area contributed by atoms with Gasteiger partial charge in [-0.15, -0.1) is 10.2 Å². The highest BCUT2D eigenvalue weighted by molar-refractivity contribution is 5.84. The number of fused-ring (bicyclic) bond motifs is 1. The zero-order chi connectivity index (χ0) is 26.9. The van der Waals surface area contributed by atoms with Gasteiger partial charge in [-0.1, -0.05) is 19.1 Å². The van der Waals surface area contributed by atoms with E-state index in [-0.39, 0.29) is 18.4 Å². The Hall–Kier alpha value is -3.33. The Morgan fingerprint density at radius 1 is 1.15 bits per heavy atom. The molecular formula is C30H34F2N6O.